The van der Waals surface area contributed by atoms with Crippen LogP contribution in [0, 0.1) is 0 Å². The minimum Gasteiger partial charge on any atom is -0.488 e. The smallest absolute Gasteiger partial charge is 0.152 e. The lowest BCUT2D eigenvalue weighted by atomic mass is 10.2. The molecular formula is C10H12BrNO. The molecule has 1 fully saturated rings. The highest BCUT2D eigenvalue weighted by atomic mass is 79.9. The van der Waals surface area contributed by atoms with Gasteiger partial charge in [-0.15, -0.1) is 0 Å². The van der Waals surface area contributed by atoms with E-state index in [2.05, 4.69) is 33.9 Å². The molecule has 0 aromatic carbocycles. The van der Waals surface area contributed by atoms with Gasteiger partial charge >= 0.3 is 0 Å². The Balaban J connectivity index is 2.19. The molecule has 2 rings (SSSR count). The number of aromatic nitrogens is 1. The van der Waals surface area contributed by atoms with E-state index < -0.39 is 0 Å². The van der Waals surface area contributed by atoms with Gasteiger partial charge in [-0.2, -0.15) is 0 Å². The van der Waals surface area contributed by atoms with Gasteiger partial charge in [0.1, 0.15) is 4.60 Å². The Bertz CT molecular complexity index is 310. The van der Waals surface area contributed by atoms with Crippen molar-refractivity contribution >= 4 is 15.9 Å². The Kier molecular flexibility index (Phi) is 2.54. The van der Waals surface area contributed by atoms with E-state index in [1.807, 2.05) is 6.20 Å². The van der Waals surface area contributed by atoms with Gasteiger partial charge in [-0.05, 0) is 46.8 Å². The average Bonchev–Trinajstić information content (AvgIpc) is 2.93. The molecule has 0 bridgehead atoms. The van der Waals surface area contributed by atoms with Crippen LogP contribution in [0.3, 0.4) is 0 Å². The van der Waals surface area contributed by atoms with Crippen LogP contribution in [0.5, 0.6) is 5.75 Å². The molecule has 1 heterocycles. The third-order valence-electron chi connectivity index (χ3n) is 2.09. The highest BCUT2D eigenvalue weighted by Gasteiger charge is 2.24. The predicted molar refractivity (Wildman–Crippen MR) is 55.0 cm³/mol. The highest BCUT2D eigenvalue weighted by molar-refractivity contribution is 9.10. The molecule has 0 radical (unpaired) electrons. The zero-order valence-electron chi connectivity index (χ0n) is 7.59. The summed E-state index contributed by atoms with van der Waals surface area (Å²) in [6, 6.07) is 2.06. The summed E-state index contributed by atoms with van der Waals surface area (Å²) in [6.45, 7) is 2.12. The van der Waals surface area contributed by atoms with Gasteiger partial charge in [0, 0.05) is 6.20 Å². The second kappa shape index (κ2) is 3.66. The molecule has 0 N–H and O–H groups in total. The topological polar surface area (TPSA) is 22.1 Å². The Morgan fingerprint density at radius 1 is 1.62 bits per heavy atom. The Hall–Kier alpha value is -0.570. The Labute approximate surface area is 86.5 Å². The van der Waals surface area contributed by atoms with Crippen LogP contribution in [0.2, 0.25) is 0 Å². The number of pyridine rings is 1. The molecule has 1 saturated carbocycles. The predicted octanol–water partition coefficient (Wildman–Crippen LogP) is 2.95. The quantitative estimate of drug-likeness (QED) is 0.760. The van der Waals surface area contributed by atoms with E-state index in [0.29, 0.717) is 6.10 Å². The van der Waals surface area contributed by atoms with E-state index in [-0.39, 0.29) is 0 Å². The fourth-order valence-electron chi connectivity index (χ4n) is 1.11. The van der Waals surface area contributed by atoms with Crippen molar-refractivity contribution in [1.82, 2.24) is 4.98 Å². The van der Waals surface area contributed by atoms with Crippen molar-refractivity contribution in [3.8, 4) is 5.75 Å². The van der Waals surface area contributed by atoms with Gasteiger partial charge in [0.05, 0.1) is 6.10 Å². The minimum absolute atomic E-state index is 0.435. The van der Waals surface area contributed by atoms with Crippen molar-refractivity contribution in [3.05, 3.63) is 22.4 Å². The van der Waals surface area contributed by atoms with E-state index in [1.54, 1.807) is 0 Å². The van der Waals surface area contributed by atoms with Crippen LogP contribution in [0.1, 0.15) is 25.3 Å². The second-order valence-electron chi connectivity index (χ2n) is 3.30. The van der Waals surface area contributed by atoms with Gasteiger partial charge in [-0.3, -0.25) is 0 Å². The molecule has 1 aromatic rings. The zero-order chi connectivity index (χ0) is 9.26. The second-order valence-corrected chi connectivity index (χ2v) is 4.05. The first-order valence-electron chi connectivity index (χ1n) is 4.60. The summed E-state index contributed by atoms with van der Waals surface area (Å²) in [5.74, 6) is 0.891. The Morgan fingerprint density at radius 3 is 3.00 bits per heavy atom. The van der Waals surface area contributed by atoms with Gasteiger partial charge in [-0.25, -0.2) is 4.98 Å². The fraction of sp³-hybridized carbons (Fsp3) is 0.500. The summed E-state index contributed by atoms with van der Waals surface area (Å²) < 4.78 is 6.51. The first kappa shape index (κ1) is 9.00. The van der Waals surface area contributed by atoms with Gasteiger partial charge in [-0.1, -0.05) is 6.92 Å². The SMILES string of the molecule is CCc1cnc(Br)c(OC2CC2)c1. The van der Waals surface area contributed by atoms with Crippen LogP contribution in [0.25, 0.3) is 0 Å². The summed E-state index contributed by atoms with van der Waals surface area (Å²) in [6.07, 6.45) is 5.68. The number of nitrogens with zero attached hydrogens (tertiary/aromatic N) is 1. The maximum atomic E-state index is 5.69. The number of hydrogen-bond acceptors (Lipinski definition) is 2. The molecule has 0 atom stereocenters. The van der Waals surface area contributed by atoms with E-state index >= 15 is 0 Å². The number of ether oxygens (including phenoxy) is 1. The molecule has 1 aliphatic carbocycles. The van der Waals surface area contributed by atoms with Crippen molar-refractivity contribution in [2.24, 2.45) is 0 Å². The lowest BCUT2D eigenvalue weighted by molar-refractivity contribution is 0.299. The van der Waals surface area contributed by atoms with Crippen LogP contribution in [0.15, 0.2) is 16.9 Å². The first-order chi connectivity index (χ1) is 6.29. The maximum Gasteiger partial charge on any atom is 0.152 e. The molecule has 0 unspecified atom stereocenters. The van der Waals surface area contributed by atoms with Crippen LogP contribution in [-0.2, 0) is 6.42 Å². The molecule has 3 heteroatoms. The van der Waals surface area contributed by atoms with Crippen LogP contribution < -0.4 is 4.74 Å². The Morgan fingerprint density at radius 2 is 2.38 bits per heavy atom. The van der Waals surface area contributed by atoms with Crippen molar-refractivity contribution in [2.45, 2.75) is 32.3 Å². The summed E-state index contributed by atoms with van der Waals surface area (Å²) in [7, 11) is 0. The molecule has 13 heavy (non-hydrogen) atoms. The number of halogens is 1. The summed E-state index contributed by atoms with van der Waals surface area (Å²) in [5.41, 5.74) is 1.22. The molecule has 2 nitrogen and oxygen atoms in total. The van der Waals surface area contributed by atoms with E-state index in [4.69, 9.17) is 4.74 Å². The average molecular weight is 242 g/mol. The number of hydrogen-bond donors (Lipinski definition) is 0. The van der Waals surface area contributed by atoms with Crippen LogP contribution >= 0.6 is 15.9 Å². The van der Waals surface area contributed by atoms with Gasteiger partial charge < -0.3 is 4.74 Å². The van der Waals surface area contributed by atoms with Gasteiger partial charge in [0.25, 0.3) is 0 Å². The summed E-state index contributed by atoms with van der Waals surface area (Å²) >= 11 is 3.38. The normalized spacial score (nSPS) is 15.8. The number of rotatable bonds is 3. The van der Waals surface area contributed by atoms with Gasteiger partial charge in [0.15, 0.2) is 5.75 Å². The molecule has 1 aliphatic rings. The molecule has 1 aromatic heterocycles. The highest BCUT2D eigenvalue weighted by Crippen LogP contribution is 2.31. The third-order valence-corrected chi connectivity index (χ3v) is 2.69. The molecule has 0 spiro atoms. The van der Waals surface area contributed by atoms with Crippen LogP contribution in [0.4, 0.5) is 0 Å². The van der Waals surface area contributed by atoms with E-state index in [0.717, 1.165) is 16.8 Å². The molecule has 0 saturated heterocycles. The lowest BCUT2D eigenvalue weighted by Gasteiger charge is -2.07. The van der Waals surface area contributed by atoms with Crippen molar-refractivity contribution in [1.29, 1.82) is 0 Å². The standard InChI is InChI=1S/C10H12BrNO/c1-2-7-5-9(10(11)12-6-7)13-8-3-4-8/h5-6,8H,2-4H2,1H3. The minimum atomic E-state index is 0.435. The van der Waals surface area contributed by atoms with E-state index in [9.17, 15) is 0 Å². The van der Waals surface area contributed by atoms with Crippen molar-refractivity contribution in [2.75, 3.05) is 0 Å². The largest absolute Gasteiger partial charge is 0.488 e. The maximum absolute atomic E-state index is 5.69. The molecule has 0 amide bonds. The third kappa shape index (κ3) is 2.21. The van der Waals surface area contributed by atoms with Crippen LogP contribution in [-0.4, -0.2) is 11.1 Å². The van der Waals surface area contributed by atoms with Gasteiger partial charge in [0.2, 0.25) is 0 Å². The monoisotopic (exact) mass is 241 g/mol. The lowest BCUT2D eigenvalue weighted by Crippen LogP contribution is -1.98. The molecule has 0 aliphatic heterocycles. The molecular weight excluding hydrogens is 230 g/mol. The summed E-state index contributed by atoms with van der Waals surface area (Å²) in [5, 5.41) is 0. The van der Waals surface area contributed by atoms with Crippen molar-refractivity contribution < 1.29 is 4.74 Å². The summed E-state index contributed by atoms with van der Waals surface area (Å²) in [4.78, 5) is 4.22. The van der Waals surface area contributed by atoms with Crippen molar-refractivity contribution in [3.63, 3.8) is 0 Å². The first-order valence-corrected chi connectivity index (χ1v) is 5.40. The zero-order valence-corrected chi connectivity index (χ0v) is 9.17. The number of aryl methyl sites for hydroxylation is 1. The molecule has 70 valence electrons. The fourth-order valence-corrected chi connectivity index (χ4v) is 1.42. The van der Waals surface area contributed by atoms with E-state index in [1.165, 1.54) is 18.4 Å².